The van der Waals surface area contributed by atoms with Gasteiger partial charge in [-0.3, -0.25) is 4.99 Å². The molecular formula is C20H16Cl2N2O2. The molecule has 0 fully saturated rings. The van der Waals surface area contributed by atoms with E-state index in [0.717, 1.165) is 16.9 Å². The highest BCUT2D eigenvalue weighted by atomic mass is 35.5. The highest BCUT2D eigenvalue weighted by Crippen LogP contribution is 2.27. The van der Waals surface area contributed by atoms with Crippen LogP contribution >= 0.6 is 23.2 Å². The third-order valence-electron chi connectivity index (χ3n) is 3.92. The SMILES string of the molecule is COC(=O)c1ccc(Cl)c(N=Cc2cccn2-c2ccc(C)c(Cl)c2)c1. The lowest BCUT2D eigenvalue weighted by atomic mass is 10.2. The molecule has 3 aromatic rings. The van der Waals surface area contributed by atoms with Crippen LogP contribution in [0.4, 0.5) is 5.69 Å². The Bertz CT molecular complexity index is 993. The standard InChI is InChI=1S/C20H16Cl2N2O2/c1-13-5-7-15(11-18(13)22)24-9-3-4-16(24)12-23-19-10-14(20(25)26-2)6-8-17(19)21/h3-12H,1-2H3. The average molecular weight is 387 g/mol. The Hall–Kier alpha value is -2.56. The van der Waals surface area contributed by atoms with E-state index in [2.05, 4.69) is 4.99 Å². The number of benzene rings is 2. The average Bonchev–Trinajstić information content (AvgIpc) is 3.11. The molecule has 3 rings (SSSR count). The number of aryl methyl sites for hydroxylation is 1. The minimum atomic E-state index is -0.434. The second kappa shape index (κ2) is 7.77. The number of esters is 1. The fourth-order valence-corrected chi connectivity index (χ4v) is 2.80. The van der Waals surface area contributed by atoms with Crippen LogP contribution in [0.3, 0.4) is 0 Å². The summed E-state index contributed by atoms with van der Waals surface area (Å²) >= 11 is 12.4. The molecule has 0 saturated heterocycles. The summed E-state index contributed by atoms with van der Waals surface area (Å²) in [5.74, 6) is -0.434. The van der Waals surface area contributed by atoms with Gasteiger partial charge < -0.3 is 9.30 Å². The van der Waals surface area contributed by atoms with Gasteiger partial charge in [0.2, 0.25) is 0 Å². The van der Waals surface area contributed by atoms with Crippen molar-refractivity contribution in [3.63, 3.8) is 0 Å². The molecule has 1 heterocycles. The Morgan fingerprint density at radius 2 is 1.92 bits per heavy atom. The van der Waals surface area contributed by atoms with E-state index < -0.39 is 5.97 Å². The van der Waals surface area contributed by atoms with Crippen molar-refractivity contribution in [2.24, 2.45) is 4.99 Å². The van der Waals surface area contributed by atoms with E-state index in [0.29, 0.717) is 21.3 Å². The minimum Gasteiger partial charge on any atom is -0.465 e. The third-order valence-corrected chi connectivity index (χ3v) is 4.64. The summed E-state index contributed by atoms with van der Waals surface area (Å²) in [4.78, 5) is 16.1. The molecule has 0 radical (unpaired) electrons. The highest BCUT2D eigenvalue weighted by Gasteiger charge is 2.09. The zero-order valence-corrected chi connectivity index (χ0v) is 15.8. The van der Waals surface area contributed by atoms with Crippen molar-refractivity contribution in [1.82, 2.24) is 4.57 Å². The molecule has 0 aliphatic heterocycles. The molecule has 26 heavy (non-hydrogen) atoms. The van der Waals surface area contributed by atoms with Crippen LogP contribution in [0.1, 0.15) is 21.6 Å². The van der Waals surface area contributed by atoms with Crippen LogP contribution in [0.5, 0.6) is 0 Å². The Kier molecular flexibility index (Phi) is 5.45. The van der Waals surface area contributed by atoms with Gasteiger partial charge in [0, 0.05) is 16.9 Å². The number of hydrogen-bond donors (Lipinski definition) is 0. The van der Waals surface area contributed by atoms with Crippen molar-refractivity contribution in [2.45, 2.75) is 6.92 Å². The van der Waals surface area contributed by atoms with Gasteiger partial charge in [-0.15, -0.1) is 0 Å². The van der Waals surface area contributed by atoms with Gasteiger partial charge in [-0.25, -0.2) is 4.79 Å². The lowest BCUT2D eigenvalue weighted by Gasteiger charge is -2.08. The van der Waals surface area contributed by atoms with Gasteiger partial charge in [0.1, 0.15) is 0 Å². The number of nitrogens with zero attached hydrogens (tertiary/aromatic N) is 2. The maximum absolute atomic E-state index is 11.7. The van der Waals surface area contributed by atoms with Gasteiger partial charge in [0.15, 0.2) is 0 Å². The molecule has 4 nitrogen and oxygen atoms in total. The highest BCUT2D eigenvalue weighted by molar-refractivity contribution is 6.33. The Labute approximate surface area is 161 Å². The van der Waals surface area contributed by atoms with Gasteiger partial charge >= 0.3 is 5.97 Å². The monoisotopic (exact) mass is 386 g/mol. The lowest BCUT2D eigenvalue weighted by molar-refractivity contribution is 0.0601. The number of aromatic nitrogens is 1. The Morgan fingerprint density at radius 1 is 1.12 bits per heavy atom. The van der Waals surface area contributed by atoms with E-state index in [9.17, 15) is 4.79 Å². The number of ether oxygens (including phenoxy) is 1. The number of rotatable bonds is 4. The fourth-order valence-electron chi connectivity index (χ4n) is 2.46. The first kappa shape index (κ1) is 18.2. The molecule has 1 aromatic heterocycles. The number of aliphatic imine (C=N–C) groups is 1. The maximum atomic E-state index is 11.7. The molecule has 0 spiro atoms. The first-order chi connectivity index (χ1) is 12.5. The summed E-state index contributed by atoms with van der Waals surface area (Å²) in [6.07, 6.45) is 3.62. The summed E-state index contributed by atoms with van der Waals surface area (Å²) in [5.41, 5.74) is 3.68. The van der Waals surface area contributed by atoms with Crippen LogP contribution in [0.15, 0.2) is 59.7 Å². The summed E-state index contributed by atoms with van der Waals surface area (Å²) in [6, 6.07) is 14.5. The molecule has 132 valence electrons. The summed E-state index contributed by atoms with van der Waals surface area (Å²) in [5, 5.41) is 1.15. The van der Waals surface area contributed by atoms with E-state index in [1.807, 2.05) is 48.0 Å². The third kappa shape index (κ3) is 3.82. The topological polar surface area (TPSA) is 43.6 Å². The smallest absolute Gasteiger partial charge is 0.337 e. The first-order valence-electron chi connectivity index (χ1n) is 7.85. The van der Waals surface area contributed by atoms with Crippen LogP contribution in [0.2, 0.25) is 10.0 Å². The van der Waals surface area contributed by atoms with Crippen molar-refractivity contribution >= 4 is 41.1 Å². The maximum Gasteiger partial charge on any atom is 0.337 e. The quantitative estimate of drug-likeness (QED) is 0.430. The van der Waals surface area contributed by atoms with Crippen molar-refractivity contribution < 1.29 is 9.53 Å². The van der Waals surface area contributed by atoms with Crippen LogP contribution in [0, 0.1) is 6.92 Å². The largest absolute Gasteiger partial charge is 0.465 e. The van der Waals surface area contributed by atoms with Crippen LogP contribution in [0.25, 0.3) is 5.69 Å². The zero-order chi connectivity index (χ0) is 18.7. The predicted molar refractivity (Wildman–Crippen MR) is 106 cm³/mol. The summed E-state index contributed by atoms with van der Waals surface area (Å²) in [7, 11) is 1.33. The van der Waals surface area contributed by atoms with Gasteiger partial charge in [0.25, 0.3) is 0 Å². The van der Waals surface area contributed by atoms with Crippen molar-refractivity contribution in [1.29, 1.82) is 0 Å². The van der Waals surface area contributed by atoms with Crippen molar-refractivity contribution in [3.05, 3.63) is 81.6 Å². The molecule has 0 aliphatic carbocycles. The molecule has 2 aromatic carbocycles. The van der Waals surface area contributed by atoms with Gasteiger partial charge in [-0.2, -0.15) is 0 Å². The van der Waals surface area contributed by atoms with E-state index in [-0.39, 0.29) is 0 Å². The van der Waals surface area contributed by atoms with Gasteiger partial charge in [-0.1, -0.05) is 29.3 Å². The van der Waals surface area contributed by atoms with E-state index in [1.54, 1.807) is 24.4 Å². The molecule has 0 unspecified atom stereocenters. The molecule has 0 amide bonds. The second-order valence-electron chi connectivity index (χ2n) is 5.65. The molecule has 0 N–H and O–H groups in total. The number of methoxy groups -OCH3 is 1. The molecular weight excluding hydrogens is 371 g/mol. The minimum absolute atomic E-state index is 0.393. The van der Waals surface area contributed by atoms with Crippen molar-refractivity contribution in [2.75, 3.05) is 7.11 Å². The fraction of sp³-hybridized carbons (Fsp3) is 0.100. The van der Waals surface area contributed by atoms with Crippen LogP contribution in [-0.4, -0.2) is 23.9 Å². The lowest BCUT2D eigenvalue weighted by Crippen LogP contribution is -2.00. The normalized spacial score (nSPS) is 11.1. The van der Waals surface area contributed by atoms with E-state index in [4.69, 9.17) is 27.9 Å². The van der Waals surface area contributed by atoms with Gasteiger partial charge in [0.05, 0.1) is 35.3 Å². The summed E-state index contributed by atoms with van der Waals surface area (Å²) in [6.45, 7) is 1.96. The molecule has 0 saturated carbocycles. The van der Waals surface area contributed by atoms with Crippen LogP contribution < -0.4 is 0 Å². The number of hydrogen-bond acceptors (Lipinski definition) is 3. The molecule has 6 heteroatoms. The zero-order valence-electron chi connectivity index (χ0n) is 14.2. The Morgan fingerprint density at radius 3 is 2.65 bits per heavy atom. The Balaban J connectivity index is 1.94. The summed E-state index contributed by atoms with van der Waals surface area (Å²) < 4.78 is 6.69. The number of halogens is 2. The predicted octanol–water partition coefficient (Wildman–Crippen LogP) is 5.63. The van der Waals surface area contributed by atoms with Crippen LogP contribution in [-0.2, 0) is 4.74 Å². The van der Waals surface area contributed by atoms with E-state index >= 15 is 0 Å². The number of carbonyl (C=O) groups is 1. The molecule has 0 atom stereocenters. The molecule has 0 bridgehead atoms. The first-order valence-corrected chi connectivity index (χ1v) is 8.61. The molecule has 0 aliphatic rings. The van der Waals surface area contributed by atoms with Crippen molar-refractivity contribution in [3.8, 4) is 5.69 Å². The second-order valence-corrected chi connectivity index (χ2v) is 6.47. The number of carbonyl (C=O) groups excluding carboxylic acids is 1. The van der Waals surface area contributed by atoms with E-state index in [1.165, 1.54) is 7.11 Å². The van der Waals surface area contributed by atoms with Gasteiger partial charge in [-0.05, 0) is 55.0 Å².